The molecule has 136 valence electrons. The molecule has 0 atom stereocenters. The SMILES string of the molecule is Cc1ccc(S(=O)(=O)Nc2ccc(-n3c(C)nc4ccccc43)cc2)cc1. The predicted octanol–water partition coefficient (Wildman–Crippen LogP) is 4.44. The summed E-state index contributed by atoms with van der Waals surface area (Å²) in [7, 11) is -3.61. The number of aryl methyl sites for hydroxylation is 2. The van der Waals surface area contributed by atoms with Gasteiger partial charge in [0.2, 0.25) is 0 Å². The van der Waals surface area contributed by atoms with Crippen molar-refractivity contribution < 1.29 is 8.42 Å². The number of nitrogens with one attached hydrogen (secondary N) is 1. The monoisotopic (exact) mass is 377 g/mol. The quantitative estimate of drug-likeness (QED) is 0.572. The summed E-state index contributed by atoms with van der Waals surface area (Å²) in [4.78, 5) is 4.81. The first-order valence-electron chi connectivity index (χ1n) is 8.58. The van der Waals surface area contributed by atoms with E-state index in [0.717, 1.165) is 28.1 Å². The first-order chi connectivity index (χ1) is 12.9. The Labute approximate surface area is 158 Å². The van der Waals surface area contributed by atoms with E-state index in [4.69, 9.17) is 0 Å². The molecule has 0 spiro atoms. The molecule has 0 radical (unpaired) electrons. The van der Waals surface area contributed by atoms with E-state index in [-0.39, 0.29) is 4.90 Å². The maximum atomic E-state index is 12.5. The highest BCUT2D eigenvalue weighted by Gasteiger charge is 2.14. The molecule has 1 aromatic heterocycles. The van der Waals surface area contributed by atoms with Crippen molar-refractivity contribution in [2.45, 2.75) is 18.7 Å². The van der Waals surface area contributed by atoms with E-state index in [2.05, 4.69) is 9.71 Å². The van der Waals surface area contributed by atoms with Crippen molar-refractivity contribution in [3.8, 4) is 5.69 Å². The molecule has 0 aliphatic carbocycles. The summed E-state index contributed by atoms with van der Waals surface area (Å²) in [6.07, 6.45) is 0. The summed E-state index contributed by atoms with van der Waals surface area (Å²) in [5, 5.41) is 0. The van der Waals surface area contributed by atoms with Gasteiger partial charge in [-0.3, -0.25) is 9.29 Å². The van der Waals surface area contributed by atoms with Crippen LogP contribution in [0.2, 0.25) is 0 Å². The lowest BCUT2D eigenvalue weighted by Crippen LogP contribution is -2.12. The third-order valence-corrected chi connectivity index (χ3v) is 5.83. The van der Waals surface area contributed by atoms with Gasteiger partial charge in [-0.1, -0.05) is 29.8 Å². The minimum absolute atomic E-state index is 0.244. The van der Waals surface area contributed by atoms with Gasteiger partial charge in [-0.2, -0.15) is 0 Å². The van der Waals surface area contributed by atoms with Gasteiger partial charge in [0, 0.05) is 11.4 Å². The molecule has 4 aromatic rings. The molecule has 0 amide bonds. The van der Waals surface area contributed by atoms with Crippen LogP contribution >= 0.6 is 0 Å². The maximum absolute atomic E-state index is 12.5. The first-order valence-corrected chi connectivity index (χ1v) is 10.1. The van der Waals surface area contributed by atoms with Crippen molar-refractivity contribution in [1.29, 1.82) is 0 Å². The Kier molecular flexibility index (Phi) is 4.20. The van der Waals surface area contributed by atoms with Gasteiger partial charge in [0.25, 0.3) is 10.0 Å². The molecule has 4 rings (SSSR count). The van der Waals surface area contributed by atoms with E-state index in [1.54, 1.807) is 36.4 Å². The normalized spacial score (nSPS) is 11.6. The molecule has 5 nitrogen and oxygen atoms in total. The standard InChI is InChI=1S/C21H19N3O2S/c1-15-7-13-19(14-8-15)27(25,26)23-17-9-11-18(12-10-17)24-16(2)22-20-5-3-4-6-21(20)24/h3-14,23H,1-2H3. The van der Waals surface area contributed by atoms with Crippen LogP contribution in [0, 0.1) is 13.8 Å². The van der Waals surface area contributed by atoms with Crippen molar-refractivity contribution in [1.82, 2.24) is 9.55 Å². The number of hydrogen-bond donors (Lipinski definition) is 1. The Morgan fingerprint density at radius 1 is 0.852 bits per heavy atom. The van der Waals surface area contributed by atoms with Gasteiger partial charge in [0.1, 0.15) is 5.82 Å². The van der Waals surface area contributed by atoms with Crippen LogP contribution in [0.1, 0.15) is 11.4 Å². The second-order valence-electron chi connectivity index (χ2n) is 6.45. The fourth-order valence-electron chi connectivity index (χ4n) is 3.08. The van der Waals surface area contributed by atoms with Gasteiger partial charge >= 0.3 is 0 Å². The lowest BCUT2D eigenvalue weighted by atomic mass is 10.2. The summed E-state index contributed by atoms with van der Waals surface area (Å²) in [6.45, 7) is 3.87. The van der Waals surface area contributed by atoms with Crippen molar-refractivity contribution in [2.75, 3.05) is 4.72 Å². The van der Waals surface area contributed by atoms with E-state index in [9.17, 15) is 8.42 Å². The van der Waals surface area contributed by atoms with Gasteiger partial charge < -0.3 is 0 Å². The predicted molar refractivity (Wildman–Crippen MR) is 108 cm³/mol. The molecule has 0 aliphatic heterocycles. The second-order valence-corrected chi connectivity index (χ2v) is 8.13. The zero-order valence-corrected chi connectivity index (χ0v) is 15.9. The van der Waals surface area contributed by atoms with Gasteiger partial charge in [-0.05, 0) is 62.4 Å². The highest BCUT2D eigenvalue weighted by atomic mass is 32.2. The molecule has 1 N–H and O–H groups in total. The lowest BCUT2D eigenvalue weighted by Gasteiger charge is -2.11. The minimum Gasteiger partial charge on any atom is -0.297 e. The molecule has 0 aliphatic rings. The third-order valence-electron chi connectivity index (χ3n) is 4.44. The summed E-state index contributed by atoms with van der Waals surface area (Å²) in [6, 6.07) is 22.0. The third kappa shape index (κ3) is 3.31. The van der Waals surface area contributed by atoms with Crippen LogP contribution < -0.4 is 4.72 Å². The van der Waals surface area contributed by atoms with E-state index in [1.807, 2.05) is 54.8 Å². The fourth-order valence-corrected chi connectivity index (χ4v) is 4.14. The summed E-state index contributed by atoms with van der Waals surface area (Å²) in [5.74, 6) is 0.879. The summed E-state index contributed by atoms with van der Waals surface area (Å²) in [5.41, 5.74) is 4.41. The molecule has 3 aromatic carbocycles. The zero-order valence-electron chi connectivity index (χ0n) is 15.0. The number of hydrogen-bond acceptors (Lipinski definition) is 3. The molecular weight excluding hydrogens is 358 g/mol. The number of rotatable bonds is 4. The van der Waals surface area contributed by atoms with Crippen molar-refractivity contribution >= 4 is 26.7 Å². The number of anilines is 1. The van der Waals surface area contributed by atoms with Gasteiger partial charge in [-0.25, -0.2) is 13.4 Å². The van der Waals surface area contributed by atoms with E-state index in [1.165, 1.54) is 0 Å². The molecular formula is C21H19N3O2S. The molecule has 0 unspecified atom stereocenters. The minimum atomic E-state index is -3.61. The number of aromatic nitrogens is 2. The molecule has 1 heterocycles. The number of sulfonamides is 1. The highest BCUT2D eigenvalue weighted by Crippen LogP contribution is 2.23. The summed E-state index contributed by atoms with van der Waals surface area (Å²) >= 11 is 0. The Balaban J connectivity index is 1.64. The average Bonchev–Trinajstić information content (AvgIpc) is 2.98. The average molecular weight is 377 g/mol. The number of nitrogens with zero attached hydrogens (tertiary/aromatic N) is 2. The molecule has 0 saturated carbocycles. The Hall–Kier alpha value is -3.12. The molecule has 0 fully saturated rings. The number of imidazole rings is 1. The van der Waals surface area contributed by atoms with Crippen molar-refractivity contribution in [2.24, 2.45) is 0 Å². The van der Waals surface area contributed by atoms with Crippen molar-refractivity contribution in [3.05, 3.63) is 84.2 Å². The van der Waals surface area contributed by atoms with Crippen LogP contribution in [0.3, 0.4) is 0 Å². The van der Waals surface area contributed by atoms with E-state index in [0.29, 0.717) is 5.69 Å². The smallest absolute Gasteiger partial charge is 0.261 e. The Bertz CT molecular complexity index is 1210. The van der Waals surface area contributed by atoms with Crippen LogP contribution in [0.25, 0.3) is 16.7 Å². The zero-order chi connectivity index (χ0) is 19.0. The first kappa shape index (κ1) is 17.3. The van der Waals surface area contributed by atoms with Gasteiger partial charge in [0.05, 0.1) is 15.9 Å². The largest absolute Gasteiger partial charge is 0.297 e. The maximum Gasteiger partial charge on any atom is 0.261 e. The van der Waals surface area contributed by atoms with Crippen LogP contribution in [-0.4, -0.2) is 18.0 Å². The number of fused-ring (bicyclic) bond motifs is 1. The van der Waals surface area contributed by atoms with Crippen molar-refractivity contribution in [3.63, 3.8) is 0 Å². The number of benzene rings is 3. The molecule has 0 bridgehead atoms. The van der Waals surface area contributed by atoms with Crippen LogP contribution in [0.15, 0.2) is 77.7 Å². The number of para-hydroxylation sites is 2. The highest BCUT2D eigenvalue weighted by molar-refractivity contribution is 7.92. The van der Waals surface area contributed by atoms with E-state index < -0.39 is 10.0 Å². The topological polar surface area (TPSA) is 64.0 Å². The fraction of sp³-hybridized carbons (Fsp3) is 0.0952. The second kappa shape index (κ2) is 6.55. The Morgan fingerprint density at radius 2 is 1.52 bits per heavy atom. The summed E-state index contributed by atoms with van der Waals surface area (Å²) < 4.78 is 29.7. The Morgan fingerprint density at radius 3 is 2.22 bits per heavy atom. The van der Waals surface area contributed by atoms with Gasteiger partial charge in [0.15, 0.2) is 0 Å². The van der Waals surface area contributed by atoms with Crippen LogP contribution in [-0.2, 0) is 10.0 Å². The van der Waals surface area contributed by atoms with Crippen LogP contribution in [0.4, 0.5) is 5.69 Å². The van der Waals surface area contributed by atoms with Gasteiger partial charge in [-0.15, -0.1) is 0 Å². The molecule has 0 saturated heterocycles. The lowest BCUT2D eigenvalue weighted by molar-refractivity contribution is 0.601. The molecule has 27 heavy (non-hydrogen) atoms. The molecule has 6 heteroatoms. The van der Waals surface area contributed by atoms with E-state index >= 15 is 0 Å². The van der Waals surface area contributed by atoms with Crippen LogP contribution in [0.5, 0.6) is 0 Å².